The summed E-state index contributed by atoms with van der Waals surface area (Å²) in [6.07, 6.45) is 0.258. The van der Waals surface area contributed by atoms with Crippen LogP contribution in [0.4, 0.5) is 5.69 Å². The second-order valence-corrected chi connectivity index (χ2v) is 6.87. The van der Waals surface area contributed by atoms with Crippen LogP contribution >= 0.6 is 11.6 Å². The van der Waals surface area contributed by atoms with Gasteiger partial charge in [0.2, 0.25) is 5.91 Å². The number of ether oxygens (including phenoxy) is 1. The van der Waals surface area contributed by atoms with Gasteiger partial charge in [0.25, 0.3) is 0 Å². The van der Waals surface area contributed by atoms with E-state index in [1.165, 1.54) is 6.07 Å². The van der Waals surface area contributed by atoms with Gasteiger partial charge in [0, 0.05) is 23.7 Å². The molecule has 0 saturated carbocycles. The third-order valence-electron chi connectivity index (χ3n) is 4.72. The van der Waals surface area contributed by atoms with Gasteiger partial charge in [0.1, 0.15) is 5.15 Å². The fraction of sp³-hybridized carbons (Fsp3) is 0.143. The van der Waals surface area contributed by atoms with Crippen molar-refractivity contribution in [1.29, 1.82) is 0 Å². The Hall–Kier alpha value is -3.25. The van der Waals surface area contributed by atoms with Crippen LogP contribution in [0, 0.1) is 0 Å². The van der Waals surface area contributed by atoms with Crippen LogP contribution in [0.1, 0.15) is 26.3 Å². The number of Topliss-reactive ketones (excluding diaryl/α,β-unsaturated/α-hetero) is 1. The third-order valence-corrected chi connectivity index (χ3v) is 4.91. The minimum Gasteiger partial charge on any atom is -0.454 e. The molecule has 1 aliphatic rings. The number of esters is 1. The second-order valence-electron chi connectivity index (χ2n) is 6.48. The van der Waals surface area contributed by atoms with Crippen molar-refractivity contribution in [3.8, 4) is 0 Å². The summed E-state index contributed by atoms with van der Waals surface area (Å²) in [5.41, 5.74) is 2.80. The highest BCUT2D eigenvalue weighted by Gasteiger charge is 2.25. The molecule has 0 atom stereocenters. The predicted octanol–water partition coefficient (Wildman–Crippen LogP) is 3.45. The average Bonchev–Trinajstić information content (AvgIpc) is 2.98. The van der Waals surface area contributed by atoms with Crippen LogP contribution in [-0.2, 0) is 16.0 Å². The number of carbonyl (C=O) groups excluding carboxylic acids is 3. The van der Waals surface area contributed by atoms with E-state index in [2.05, 4.69) is 4.98 Å². The van der Waals surface area contributed by atoms with Gasteiger partial charge in [-0.2, -0.15) is 0 Å². The van der Waals surface area contributed by atoms with Crippen LogP contribution in [0.25, 0.3) is 10.9 Å². The van der Waals surface area contributed by atoms with E-state index in [0.717, 1.165) is 11.3 Å². The van der Waals surface area contributed by atoms with E-state index in [1.54, 1.807) is 54.4 Å². The van der Waals surface area contributed by atoms with Gasteiger partial charge in [-0.3, -0.25) is 9.59 Å². The van der Waals surface area contributed by atoms with Gasteiger partial charge in [-0.25, -0.2) is 9.78 Å². The maximum Gasteiger partial charge on any atom is 0.339 e. The first-order valence-electron chi connectivity index (χ1n) is 8.59. The highest BCUT2D eigenvalue weighted by molar-refractivity contribution is 6.30. The number of amides is 1. The molecule has 1 amide bonds. The van der Waals surface area contributed by atoms with Gasteiger partial charge < -0.3 is 9.64 Å². The number of pyridine rings is 1. The summed E-state index contributed by atoms with van der Waals surface area (Å²) in [5, 5.41) is 0.771. The minimum absolute atomic E-state index is 0.0209. The Bertz CT molecular complexity index is 1140. The number of fused-ring (bicyclic) bond motifs is 2. The monoisotopic (exact) mass is 394 g/mol. The number of hydrogen-bond acceptors (Lipinski definition) is 5. The first-order chi connectivity index (χ1) is 13.4. The molecular weight excluding hydrogens is 380 g/mol. The molecule has 0 radical (unpaired) electrons. The number of rotatable bonds is 4. The van der Waals surface area contributed by atoms with Crippen molar-refractivity contribution in [2.45, 2.75) is 6.42 Å². The molecule has 2 heterocycles. The van der Waals surface area contributed by atoms with E-state index in [1.807, 2.05) is 0 Å². The van der Waals surface area contributed by atoms with Crippen molar-refractivity contribution < 1.29 is 19.1 Å². The zero-order chi connectivity index (χ0) is 19.8. The molecular formula is C21H15ClN2O4. The number of benzene rings is 2. The topological polar surface area (TPSA) is 76.6 Å². The molecule has 7 heteroatoms. The number of anilines is 1. The summed E-state index contributed by atoms with van der Waals surface area (Å²) in [6, 6.07) is 13.5. The van der Waals surface area contributed by atoms with E-state index in [0.29, 0.717) is 16.5 Å². The number of hydrogen-bond donors (Lipinski definition) is 0. The molecule has 28 heavy (non-hydrogen) atoms. The zero-order valence-electron chi connectivity index (χ0n) is 14.9. The van der Waals surface area contributed by atoms with E-state index >= 15 is 0 Å². The number of likely N-dealkylation sites (N-methyl/N-ethyl adjacent to an activating group) is 1. The van der Waals surface area contributed by atoms with Gasteiger partial charge in [-0.15, -0.1) is 0 Å². The van der Waals surface area contributed by atoms with E-state index in [-0.39, 0.29) is 28.8 Å². The van der Waals surface area contributed by atoms with Crippen LogP contribution in [0.15, 0.2) is 48.5 Å². The Morgan fingerprint density at radius 3 is 2.79 bits per heavy atom. The SMILES string of the molecule is CN1C(=O)Cc2cc(C(=O)COC(=O)c3cc(Cl)nc4ccccc34)ccc21. The number of ketones is 1. The molecule has 0 aliphatic carbocycles. The van der Waals surface area contributed by atoms with Crippen LogP contribution in [-0.4, -0.2) is 36.3 Å². The lowest BCUT2D eigenvalue weighted by Gasteiger charge is -2.10. The van der Waals surface area contributed by atoms with Crippen LogP contribution in [0.2, 0.25) is 5.15 Å². The quantitative estimate of drug-likeness (QED) is 0.385. The third kappa shape index (κ3) is 3.23. The Labute approximate surface area is 165 Å². The first-order valence-corrected chi connectivity index (χ1v) is 8.97. The Morgan fingerprint density at radius 2 is 1.96 bits per heavy atom. The van der Waals surface area contributed by atoms with Crippen molar-refractivity contribution in [3.05, 3.63) is 70.4 Å². The molecule has 0 fully saturated rings. The average molecular weight is 395 g/mol. The summed E-state index contributed by atoms with van der Waals surface area (Å²) in [4.78, 5) is 42.5. The second kappa shape index (κ2) is 7.05. The fourth-order valence-corrected chi connectivity index (χ4v) is 3.45. The maximum absolute atomic E-state index is 12.5. The number of carbonyl (C=O) groups is 3. The Kier molecular flexibility index (Phi) is 4.57. The van der Waals surface area contributed by atoms with Gasteiger partial charge >= 0.3 is 5.97 Å². The predicted molar refractivity (Wildman–Crippen MR) is 105 cm³/mol. The molecule has 1 aliphatic heterocycles. The van der Waals surface area contributed by atoms with Crippen LogP contribution in [0.3, 0.4) is 0 Å². The zero-order valence-corrected chi connectivity index (χ0v) is 15.7. The van der Waals surface area contributed by atoms with E-state index in [9.17, 15) is 14.4 Å². The molecule has 0 N–H and O–H groups in total. The molecule has 0 unspecified atom stereocenters. The van der Waals surface area contributed by atoms with Crippen molar-refractivity contribution in [2.75, 3.05) is 18.6 Å². The smallest absolute Gasteiger partial charge is 0.339 e. The summed E-state index contributed by atoms with van der Waals surface area (Å²) in [6.45, 7) is -0.407. The van der Waals surface area contributed by atoms with Gasteiger partial charge in [0.05, 0.1) is 17.5 Å². The Morgan fingerprint density at radius 1 is 1.18 bits per heavy atom. The normalized spacial score (nSPS) is 12.9. The Balaban J connectivity index is 1.51. The molecule has 0 spiro atoms. The minimum atomic E-state index is -0.648. The number of para-hydroxylation sites is 1. The summed E-state index contributed by atoms with van der Waals surface area (Å²) in [7, 11) is 1.70. The lowest BCUT2D eigenvalue weighted by Crippen LogP contribution is -2.20. The molecule has 1 aromatic heterocycles. The lowest BCUT2D eigenvalue weighted by atomic mass is 10.1. The summed E-state index contributed by atoms with van der Waals surface area (Å²) < 4.78 is 5.22. The number of aromatic nitrogens is 1. The fourth-order valence-electron chi connectivity index (χ4n) is 3.25. The lowest BCUT2D eigenvalue weighted by molar-refractivity contribution is -0.117. The van der Waals surface area contributed by atoms with Gasteiger partial charge in [-0.05, 0) is 35.9 Å². The molecule has 3 aromatic rings. The van der Waals surface area contributed by atoms with Crippen molar-refractivity contribution in [3.63, 3.8) is 0 Å². The molecule has 4 rings (SSSR count). The molecule has 0 bridgehead atoms. The van der Waals surface area contributed by atoms with Crippen LogP contribution < -0.4 is 4.90 Å². The summed E-state index contributed by atoms with van der Waals surface area (Å²) in [5.74, 6) is -1.01. The molecule has 0 saturated heterocycles. The van der Waals surface area contributed by atoms with Crippen molar-refractivity contribution in [2.24, 2.45) is 0 Å². The largest absolute Gasteiger partial charge is 0.454 e. The molecule has 6 nitrogen and oxygen atoms in total. The van der Waals surface area contributed by atoms with Crippen LogP contribution in [0.5, 0.6) is 0 Å². The molecule has 2 aromatic carbocycles. The molecule has 140 valence electrons. The highest BCUT2D eigenvalue weighted by Crippen LogP contribution is 2.28. The standard InChI is InChI=1S/C21H15ClN2O4/c1-24-17-7-6-12(8-13(17)9-20(24)26)18(25)11-28-21(27)15-10-19(22)23-16-5-3-2-4-14(15)16/h2-8,10H,9,11H2,1H3. The van der Waals surface area contributed by atoms with E-state index in [4.69, 9.17) is 16.3 Å². The van der Waals surface area contributed by atoms with Gasteiger partial charge in [0.15, 0.2) is 12.4 Å². The first kappa shape index (κ1) is 18.1. The number of nitrogens with zero attached hydrogens (tertiary/aromatic N) is 2. The van der Waals surface area contributed by atoms with Gasteiger partial charge in [-0.1, -0.05) is 29.8 Å². The summed E-state index contributed by atoms with van der Waals surface area (Å²) >= 11 is 5.99. The maximum atomic E-state index is 12.5. The van der Waals surface area contributed by atoms with Crippen molar-refractivity contribution >= 4 is 45.9 Å². The number of halogens is 1. The van der Waals surface area contributed by atoms with E-state index < -0.39 is 12.6 Å². The van der Waals surface area contributed by atoms with Crippen molar-refractivity contribution in [1.82, 2.24) is 4.98 Å². The highest BCUT2D eigenvalue weighted by atomic mass is 35.5.